The van der Waals surface area contributed by atoms with Gasteiger partial charge in [-0.05, 0) is 32.9 Å². The summed E-state index contributed by atoms with van der Waals surface area (Å²) in [4.78, 5) is 10.3. The molecule has 0 spiro atoms. The summed E-state index contributed by atoms with van der Waals surface area (Å²) in [5.41, 5.74) is 1.37. The van der Waals surface area contributed by atoms with Gasteiger partial charge in [0.05, 0.1) is 32.1 Å². The summed E-state index contributed by atoms with van der Waals surface area (Å²) in [6.45, 7) is 7.64. The zero-order chi connectivity index (χ0) is 19.0. The number of nitrogens with zero attached hydrogens (tertiary/aromatic N) is 1. The van der Waals surface area contributed by atoms with E-state index in [1.165, 1.54) is 12.1 Å². The Morgan fingerprint density at radius 2 is 1.75 bits per heavy atom. The largest absolute Gasteiger partial charge is 0.744 e. The number of quaternary nitrogens is 1. The van der Waals surface area contributed by atoms with E-state index < -0.39 is 16.1 Å². The first-order valence-corrected chi connectivity index (χ1v) is 9.04. The fraction of sp³-hybridized carbons (Fsp3) is 0.471. The number of carbonyl (C=O) groups is 1. The van der Waals surface area contributed by atoms with Crippen LogP contribution < -0.4 is 0 Å². The van der Waals surface area contributed by atoms with Crippen molar-refractivity contribution in [2.75, 3.05) is 27.2 Å². The Hall–Kier alpha value is -1.70. The van der Waals surface area contributed by atoms with Crippen molar-refractivity contribution < 1.29 is 27.4 Å². The number of hydrogen-bond acceptors (Lipinski definition) is 4. The molecule has 136 valence electrons. The summed E-state index contributed by atoms with van der Waals surface area (Å²) >= 11 is 0. The van der Waals surface area contributed by atoms with Crippen LogP contribution in [0.25, 0.3) is 0 Å². The average molecular weight is 357 g/mol. The third-order valence-corrected chi connectivity index (χ3v) is 4.54. The second kappa shape index (κ2) is 9.56. The van der Waals surface area contributed by atoms with Crippen LogP contribution in [0.5, 0.6) is 0 Å². The van der Waals surface area contributed by atoms with E-state index in [0.717, 1.165) is 29.6 Å². The topological polar surface area (TPSA) is 94.5 Å². The lowest BCUT2D eigenvalue weighted by molar-refractivity contribution is -0.888. The molecule has 0 aliphatic rings. The van der Waals surface area contributed by atoms with Crippen LogP contribution in [0.3, 0.4) is 0 Å². The van der Waals surface area contributed by atoms with Crippen LogP contribution in [0, 0.1) is 6.92 Å². The lowest BCUT2D eigenvalue weighted by Crippen LogP contribution is -2.39. The van der Waals surface area contributed by atoms with Crippen LogP contribution in [0.1, 0.15) is 25.8 Å². The first-order chi connectivity index (χ1) is 10.9. The SMILES string of the molecule is CC[N+](C)(C)CCC=C(C)C(=O)O.Cc1ccc(S(=O)(=O)[O-])cc1. The van der Waals surface area contributed by atoms with Gasteiger partial charge in [0.1, 0.15) is 10.1 Å². The zero-order valence-electron chi connectivity index (χ0n) is 14.9. The molecule has 0 saturated carbocycles. The molecule has 0 aliphatic heterocycles. The molecule has 24 heavy (non-hydrogen) atoms. The number of aryl methyl sites for hydroxylation is 1. The maximum Gasteiger partial charge on any atom is 0.330 e. The number of rotatable bonds is 6. The van der Waals surface area contributed by atoms with Gasteiger partial charge < -0.3 is 14.1 Å². The maximum absolute atomic E-state index is 10.5. The van der Waals surface area contributed by atoms with Crippen LogP contribution in [-0.2, 0) is 14.9 Å². The van der Waals surface area contributed by atoms with Crippen LogP contribution >= 0.6 is 0 Å². The van der Waals surface area contributed by atoms with E-state index in [2.05, 4.69) is 21.0 Å². The predicted molar refractivity (Wildman–Crippen MR) is 92.7 cm³/mol. The molecule has 0 bridgehead atoms. The van der Waals surface area contributed by atoms with Gasteiger partial charge in [-0.15, -0.1) is 0 Å². The Morgan fingerprint density at radius 1 is 1.25 bits per heavy atom. The Bertz CT molecular complexity index is 661. The first kappa shape index (κ1) is 22.3. The van der Waals surface area contributed by atoms with Crippen molar-refractivity contribution in [3.63, 3.8) is 0 Å². The van der Waals surface area contributed by atoms with E-state index >= 15 is 0 Å². The van der Waals surface area contributed by atoms with E-state index in [-0.39, 0.29) is 4.90 Å². The highest BCUT2D eigenvalue weighted by atomic mass is 32.2. The van der Waals surface area contributed by atoms with Gasteiger partial charge in [0.2, 0.25) is 0 Å². The third kappa shape index (κ3) is 9.44. The molecule has 1 aromatic rings. The normalized spacial score (nSPS) is 12.3. The number of aliphatic carboxylic acids is 1. The number of carboxylic acids is 1. The summed E-state index contributed by atoms with van der Waals surface area (Å²) in [6.07, 6.45) is 2.62. The highest BCUT2D eigenvalue weighted by Gasteiger charge is 2.10. The van der Waals surface area contributed by atoms with Gasteiger partial charge in [-0.2, -0.15) is 0 Å². The molecule has 1 aromatic carbocycles. The molecule has 7 heteroatoms. The summed E-state index contributed by atoms with van der Waals surface area (Å²) in [7, 11) is 0.0160. The third-order valence-electron chi connectivity index (χ3n) is 3.69. The summed E-state index contributed by atoms with van der Waals surface area (Å²) in [5, 5.41) is 8.60. The Kier molecular flexibility index (Phi) is 8.88. The van der Waals surface area contributed by atoms with E-state index in [0.29, 0.717) is 5.57 Å². The van der Waals surface area contributed by atoms with Crippen molar-refractivity contribution in [3.05, 3.63) is 41.5 Å². The molecule has 0 atom stereocenters. The molecule has 0 fully saturated rings. The van der Waals surface area contributed by atoms with Crippen LogP contribution in [0.4, 0.5) is 0 Å². The molecule has 0 heterocycles. The molecule has 0 aromatic heterocycles. The van der Waals surface area contributed by atoms with Gasteiger partial charge in [-0.25, -0.2) is 13.2 Å². The molecule has 0 saturated heterocycles. The van der Waals surface area contributed by atoms with Gasteiger partial charge >= 0.3 is 5.97 Å². The van der Waals surface area contributed by atoms with Gasteiger partial charge in [0.25, 0.3) is 0 Å². The molecule has 1 N–H and O–H groups in total. The van der Waals surface area contributed by atoms with E-state index in [1.807, 2.05) is 6.92 Å². The van der Waals surface area contributed by atoms with Crippen LogP contribution in [-0.4, -0.2) is 55.7 Å². The highest BCUT2D eigenvalue weighted by molar-refractivity contribution is 7.85. The number of benzene rings is 1. The van der Waals surface area contributed by atoms with E-state index in [9.17, 15) is 17.8 Å². The first-order valence-electron chi connectivity index (χ1n) is 7.63. The quantitative estimate of drug-likeness (QED) is 0.479. The minimum absolute atomic E-state index is 0.178. The molecular formula is C17H27NO5S. The average Bonchev–Trinajstić information content (AvgIpc) is 2.47. The van der Waals surface area contributed by atoms with Crippen molar-refractivity contribution >= 4 is 16.1 Å². The fourth-order valence-corrected chi connectivity index (χ4v) is 2.05. The van der Waals surface area contributed by atoms with E-state index in [4.69, 9.17) is 5.11 Å². The molecule has 0 amide bonds. The zero-order valence-corrected chi connectivity index (χ0v) is 15.8. The lowest BCUT2D eigenvalue weighted by Gasteiger charge is -2.27. The van der Waals surface area contributed by atoms with Crippen molar-refractivity contribution in [2.24, 2.45) is 0 Å². The Morgan fingerprint density at radius 3 is 2.12 bits per heavy atom. The van der Waals surface area contributed by atoms with Crippen molar-refractivity contribution in [1.29, 1.82) is 0 Å². The standard InChI is InChI=1S/C10H19NO2.C7H8O3S/c1-5-11(3,4)8-6-7-9(2)10(12)13;1-6-2-4-7(5-3-6)11(8,9)10/h7H,5-6,8H2,1-4H3;2-5H,1H3,(H,8,9,10). The monoisotopic (exact) mass is 357 g/mol. The smallest absolute Gasteiger partial charge is 0.330 e. The highest BCUT2D eigenvalue weighted by Crippen LogP contribution is 2.08. The van der Waals surface area contributed by atoms with E-state index in [1.54, 1.807) is 25.1 Å². The second-order valence-electron chi connectivity index (χ2n) is 6.22. The number of hydrogen-bond donors (Lipinski definition) is 1. The molecule has 1 rings (SSSR count). The summed E-state index contributed by atoms with van der Waals surface area (Å²) in [6, 6.07) is 5.78. The predicted octanol–water partition coefficient (Wildman–Crippen LogP) is 2.40. The summed E-state index contributed by atoms with van der Waals surface area (Å²) < 4.78 is 32.1. The summed E-state index contributed by atoms with van der Waals surface area (Å²) in [5.74, 6) is -0.818. The van der Waals surface area contributed by atoms with Crippen molar-refractivity contribution in [2.45, 2.75) is 32.1 Å². The maximum atomic E-state index is 10.5. The van der Waals surface area contributed by atoms with Gasteiger partial charge in [0.15, 0.2) is 0 Å². The van der Waals surface area contributed by atoms with Crippen LogP contribution in [0.15, 0.2) is 40.8 Å². The van der Waals surface area contributed by atoms with Crippen LogP contribution in [0.2, 0.25) is 0 Å². The lowest BCUT2D eigenvalue weighted by atomic mass is 10.2. The molecule has 0 aliphatic carbocycles. The number of carboxylic acid groups (broad SMARTS) is 1. The molecule has 6 nitrogen and oxygen atoms in total. The molecule has 0 unspecified atom stereocenters. The minimum Gasteiger partial charge on any atom is -0.744 e. The molecule has 0 radical (unpaired) electrons. The minimum atomic E-state index is -4.27. The van der Waals surface area contributed by atoms with Crippen molar-refractivity contribution in [1.82, 2.24) is 0 Å². The Labute approximate surface area is 144 Å². The van der Waals surface area contributed by atoms with Crippen molar-refractivity contribution in [3.8, 4) is 0 Å². The van der Waals surface area contributed by atoms with Gasteiger partial charge in [0, 0.05) is 12.0 Å². The molecular weight excluding hydrogens is 330 g/mol. The van der Waals surface area contributed by atoms with Gasteiger partial charge in [-0.1, -0.05) is 23.8 Å². The second-order valence-corrected chi connectivity index (χ2v) is 7.60. The fourth-order valence-electron chi connectivity index (χ4n) is 1.58. The van der Waals surface area contributed by atoms with Gasteiger partial charge in [-0.3, -0.25) is 0 Å². The Balaban J connectivity index is 0.000000446.